The number of hydrogen-bond donors (Lipinski definition) is 0. The van der Waals surface area contributed by atoms with E-state index in [2.05, 4.69) is 47.7 Å². The van der Waals surface area contributed by atoms with Crippen molar-refractivity contribution in [3.63, 3.8) is 0 Å². The van der Waals surface area contributed by atoms with Gasteiger partial charge in [-0.05, 0) is 35.7 Å². The van der Waals surface area contributed by atoms with E-state index in [-0.39, 0.29) is 0 Å². The van der Waals surface area contributed by atoms with Crippen LogP contribution in [0.25, 0.3) is 27.6 Å². The highest BCUT2D eigenvalue weighted by Gasteiger charge is 2.27. The summed E-state index contributed by atoms with van der Waals surface area (Å²) in [4.78, 5) is 6.21. The van der Waals surface area contributed by atoms with Crippen molar-refractivity contribution >= 4 is 32.6 Å². The summed E-state index contributed by atoms with van der Waals surface area (Å²) in [6.07, 6.45) is 1.77. The van der Waals surface area contributed by atoms with E-state index in [9.17, 15) is 4.21 Å². The summed E-state index contributed by atoms with van der Waals surface area (Å²) < 4.78 is 15.2. The molecule has 0 radical (unpaired) electrons. The second-order valence-electron chi connectivity index (χ2n) is 6.51. The van der Waals surface area contributed by atoms with Crippen molar-refractivity contribution in [3.8, 4) is 5.82 Å². The Morgan fingerprint density at radius 1 is 1.00 bits per heavy atom. The van der Waals surface area contributed by atoms with E-state index in [0.717, 1.165) is 32.0 Å². The van der Waals surface area contributed by atoms with Gasteiger partial charge in [0.15, 0.2) is 5.82 Å². The van der Waals surface area contributed by atoms with Crippen LogP contribution < -0.4 is 0 Å². The van der Waals surface area contributed by atoms with Crippen LogP contribution in [0, 0.1) is 0 Å². The fraction of sp³-hybridized carbons (Fsp3) is 0.150. The van der Waals surface area contributed by atoms with E-state index in [1.165, 1.54) is 10.9 Å². The molecule has 1 aliphatic rings. The smallest absolute Gasteiger partial charge is 0.154 e. The van der Waals surface area contributed by atoms with Gasteiger partial charge >= 0.3 is 0 Å². The molecule has 4 heteroatoms. The predicted molar refractivity (Wildman–Crippen MR) is 97.3 cm³/mol. The maximum Gasteiger partial charge on any atom is 0.154 e. The van der Waals surface area contributed by atoms with Crippen molar-refractivity contribution in [2.75, 3.05) is 0 Å². The quantitative estimate of drug-likeness (QED) is 0.443. The minimum Gasteiger partial charge on any atom is -0.292 e. The first-order valence-corrected chi connectivity index (χ1v) is 9.26. The molecule has 0 N–H and O–H groups in total. The minimum absolute atomic E-state index is 0.459. The summed E-state index contributed by atoms with van der Waals surface area (Å²) in [5.74, 6) is 1.25. The Labute approximate surface area is 142 Å². The Morgan fingerprint density at radius 2 is 1.83 bits per heavy atom. The van der Waals surface area contributed by atoms with Gasteiger partial charge < -0.3 is 0 Å². The number of fused-ring (bicyclic) bond motifs is 5. The predicted octanol–water partition coefficient (Wildman–Crippen LogP) is 4.78. The number of rotatable bonds is 1. The van der Waals surface area contributed by atoms with Crippen LogP contribution in [-0.2, 0) is 10.8 Å². The number of aromatic nitrogens is 2. The van der Waals surface area contributed by atoms with Gasteiger partial charge in [0, 0.05) is 17.0 Å². The summed E-state index contributed by atoms with van der Waals surface area (Å²) in [5, 5.41) is 2.33. The molecule has 118 valence electrons. The minimum atomic E-state index is -1.19. The van der Waals surface area contributed by atoms with Crippen LogP contribution in [0.1, 0.15) is 25.3 Å². The van der Waals surface area contributed by atoms with E-state index in [1.807, 2.05) is 24.3 Å². The van der Waals surface area contributed by atoms with Crippen LogP contribution in [0.4, 0.5) is 0 Å². The van der Waals surface area contributed by atoms with Crippen LogP contribution in [0.15, 0.2) is 64.5 Å². The summed E-state index contributed by atoms with van der Waals surface area (Å²) in [6, 6.07) is 16.5. The zero-order valence-electron chi connectivity index (χ0n) is 13.5. The molecule has 0 saturated carbocycles. The average Bonchev–Trinajstić information content (AvgIpc) is 2.94. The van der Waals surface area contributed by atoms with Gasteiger partial charge in [0.1, 0.15) is 0 Å². The molecule has 0 aliphatic carbocycles. The second-order valence-corrected chi connectivity index (χ2v) is 7.93. The molecule has 0 amide bonds. The van der Waals surface area contributed by atoms with E-state index in [1.54, 1.807) is 6.20 Å². The van der Waals surface area contributed by atoms with Crippen LogP contribution in [-0.4, -0.2) is 13.8 Å². The molecule has 0 bridgehead atoms. The third kappa shape index (κ3) is 1.66. The van der Waals surface area contributed by atoms with E-state index >= 15 is 0 Å². The van der Waals surface area contributed by atoms with Gasteiger partial charge in [0.2, 0.25) is 0 Å². The van der Waals surface area contributed by atoms with Crippen molar-refractivity contribution in [2.24, 2.45) is 0 Å². The van der Waals surface area contributed by atoms with E-state index in [4.69, 9.17) is 0 Å². The van der Waals surface area contributed by atoms with E-state index < -0.39 is 10.8 Å². The highest BCUT2D eigenvalue weighted by atomic mass is 32.2. The lowest BCUT2D eigenvalue weighted by Gasteiger charge is -2.18. The van der Waals surface area contributed by atoms with Crippen LogP contribution in [0.5, 0.6) is 0 Å². The summed E-state index contributed by atoms with van der Waals surface area (Å²) >= 11 is 0. The number of hydrogen-bond acceptors (Lipinski definition) is 2. The first-order chi connectivity index (χ1) is 11.7. The lowest BCUT2D eigenvalue weighted by Crippen LogP contribution is -2.11. The van der Waals surface area contributed by atoms with Crippen molar-refractivity contribution in [1.29, 1.82) is 0 Å². The summed E-state index contributed by atoms with van der Waals surface area (Å²) in [7, 11) is -1.19. The third-order valence-electron chi connectivity index (χ3n) is 4.80. The highest BCUT2D eigenvalue weighted by Crippen LogP contribution is 2.41. The Hall–Kier alpha value is -2.46. The Morgan fingerprint density at radius 3 is 2.67 bits per heavy atom. The molecule has 0 saturated heterocycles. The van der Waals surface area contributed by atoms with Crippen LogP contribution in [0.3, 0.4) is 0 Å². The Bertz CT molecular complexity index is 1160. The number of para-hydroxylation sites is 1. The number of pyridine rings is 1. The molecule has 2 aromatic heterocycles. The van der Waals surface area contributed by atoms with Gasteiger partial charge in [-0.3, -0.25) is 4.57 Å². The van der Waals surface area contributed by atoms with Crippen molar-refractivity contribution in [2.45, 2.75) is 29.6 Å². The van der Waals surface area contributed by atoms with Gasteiger partial charge in [0.05, 0.1) is 31.6 Å². The zero-order valence-corrected chi connectivity index (χ0v) is 14.3. The van der Waals surface area contributed by atoms with E-state index in [0.29, 0.717) is 5.92 Å². The lowest BCUT2D eigenvalue weighted by atomic mass is 10.0. The molecule has 1 unspecified atom stereocenters. The molecule has 3 nitrogen and oxygen atoms in total. The molecule has 4 aromatic rings. The maximum absolute atomic E-state index is 13.0. The van der Waals surface area contributed by atoms with Crippen LogP contribution in [0.2, 0.25) is 0 Å². The Balaban J connectivity index is 2.05. The molecule has 2 aromatic carbocycles. The van der Waals surface area contributed by atoms with Crippen LogP contribution >= 0.6 is 0 Å². The fourth-order valence-corrected chi connectivity index (χ4v) is 4.92. The number of benzene rings is 2. The van der Waals surface area contributed by atoms with Gasteiger partial charge in [-0.1, -0.05) is 38.1 Å². The van der Waals surface area contributed by atoms with Crippen molar-refractivity contribution in [3.05, 3.63) is 60.3 Å². The average molecular weight is 332 g/mol. The molecule has 5 rings (SSSR count). The topological polar surface area (TPSA) is 34.9 Å². The normalized spacial score (nSPS) is 16.0. The molecular formula is C20H16N2OS. The first kappa shape index (κ1) is 13.9. The molecule has 1 atom stereocenters. The van der Waals surface area contributed by atoms with Crippen molar-refractivity contribution < 1.29 is 4.21 Å². The largest absolute Gasteiger partial charge is 0.292 e. The monoisotopic (exact) mass is 332 g/mol. The van der Waals surface area contributed by atoms with Crippen molar-refractivity contribution in [1.82, 2.24) is 9.55 Å². The summed E-state index contributed by atoms with van der Waals surface area (Å²) in [6.45, 7) is 4.40. The van der Waals surface area contributed by atoms with Gasteiger partial charge in [-0.25, -0.2) is 9.19 Å². The lowest BCUT2D eigenvalue weighted by molar-refractivity contribution is 0.681. The molecule has 24 heavy (non-hydrogen) atoms. The molecular weight excluding hydrogens is 316 g/mol. The molecule has 0 spiro atoms. The number of nitrogens with zero attached hydrogens (tertiary/aromatic N) is 2. The fourth-order valence-electron chi connectivity index (χ4n) is 3.59. The van der Waals surface area contributed by atoms with Gasteiger partial charge in [-0.15, -0.1) is 0 Å². The van der Waals surface area contributed by atoms with Gasteiger partial charge in [-0.2, -0.15) is 0 Å². The first-order valence-electron chi connectivity index (χ1n) is 8.11. The highest BCUT2D eigenvalue weighted by molar-refractivity contribution is 7.85. The third-order valence-corrected chi connectivity index (χ3v) is 6.25. The molecule has 0 fully saturated rings. The molecule has 1 aliphatic heterocycles. The van der Waals surface area contributed by atoms with Gasteiger partial charge in [0.25, 0.3) is 0 Å². The Kier molecular flexibility index (Phi) is 2.77. The SMILES string of the molecule is CC(C)c1ccc2c3cccc4c3n(c2c1)-c1ncccc1S4=O. The maximum atomic E-state index is 13.0. The summed E-state index contributed by atoms with van der Waals surface area (Å²) in [5.41, 5.74) is 3.46. The molecule has 3 heterocycles. The standard InChI is InChI=1S/C20H16N2OS/c1-12(2)13-8-9-14-15-5-3-6-17-19(15)22(16(14)11-13)20-18(24(17)23)7-4-10-21-20/h3-12H,1-2H3. The second kappa shape index (κ2) is 4.77. The zero-order chi connectivity index (χ0) is 16.4.